The van der Waals surface area contributed by atoms with Crippen molar-refractivity contribution in [3.63, 3.8) is 0 Å². The molecule has 12 nitrogen and oxygen atoms in total. The van der Waals surface area contributed by atoms with Gasteiger partial charge in [-0.25, -0.2) is 0 Å². The summed E-state index contributed by atoms with van der Waals surface area (Å²) in [5.74, 6) is -1.40. The Kier molecular flexibility index (Phi) is 17.3. The van der Waals surface area contributed by atoms with E-state index in [1.54, 1.807) is 0 Å². The van der Waals surface area contributed by atoms with Crippen LogP contribution < -0.4 is 5.32 Å². The highest BCUT2D eigenvalue weighted by atomic mass is 16.6. The largest absolute Gasteiger partial charge is 0.394 e. The summed E-state index contributed by atoms with van der Waals surface area (Å²) in [5, 5.41) is 11.1. The van der Waals surface area contributed by atoms with Crippen LogP contribution in [0.15, 0.2) is 12.2 Å². The van der Waals surface area contributed by atoms with E-state index in [2.05, 4.69) is 5.32 Å². The number of carbonyl (C=O) groups is 3. The van der Waals surface area contributed by atoms with Gasteiger partial charge in [-0.05, 0) is 0 Å². The molecule has 0 aromatic heterocycles. The first-order valence-corrected chi connectivity index (χ1v) is 10.5. The average molecular weight is 462 g/mol. The fraction of sp³-hybridized carbons (Fsp3) is 0.750. The normalized spacial score (nSPS) is 13.3. The third kappa shape index (κ3) is 15.0. The number of imide groups is 1. The molecule has 12 heteroatoms. The summed E-state index contributed by atoms with van der Waals surface area (Å²) < 4.78 is 31.7. The predicted octanol–water partition coefficient (Wildman–Crippen LogP) is -1.88. The summed E-state index contributed by atoms with van der Waals surface area (Å²) in [6.07, 6.45) is 2.27. The summed E-state index contributed by atoms with van der Waals surface area (Å²) in [7, 11) is 0. The number of amides is 3. The van der Waals surface area contributed by atoms with E-state index in [9.17, 15) is 14.4 Å². The number of nitrogens with zero attached hydrogens (tertiary/aromatic N) is 1. The number of hydrogen-bond acceptors (Lipinski definition) is 10. The third-order valence-corrected chi connectivity index (χ3v) is 3.87. The molecule has 1 aliphatic heterocycles. The van der Waals surface area contributed by atoms with Gasteiger partial charge in [-0.1, -0.05) is 0 Å². The fourth-order valence-electron chi connectivity index (χ4n) is 2.32. The van der Waals surface area contributed by atoms with Crippen molar-refractivity contribution in [1.82, 2.24) is 10.2 Å². The van der Waals surface area contributed by atoms with Gasteiger partial charge in [0.25, 0.3) is 11.8 Å². The van der Waals surface area contributed by atoms with Crippen molar-refractivity contribution in [2.24, 2.45) is 0 Å². The molecule has 0 radical (unpaired) electrons. The van der Waals surface area contributed by atoms with Crippen LogP contribution in [0.5, 0.6) is 0 Å². The first-order chi connectivity index (χ1) is 15.6. The van der Waals surface area contributed by atoms with Crippen LogP contribution in [0.2, 0.25) is 0 Å². The van der Waals surface area contributed by atoms with Crippen LogP contribution in [0.1, 0.15) is 0 Å². The number of carbonyl (C=O) groups excluding carboxylic acids is 3. The van der Waals surface area contributed by atoms with Crippen molar-refractivity contribution >= 4 is 17.7 Å². The van der Waals surface area contributed by atoms with Gasteiger partial charge in [0.2, 0.25) is 5.91 Å². The lowest BCUT2D eigenvalue weighted by Crippen LogP contribution is -2.41. The maximum atomic E-state index is 11.7. The lowest BCUT2D eigenvalue weighted by atomic mass is 10.4. The standard InChI is InChI=1S/C20H34N2O10/c23-4-6-28-8-10-30-12-14-32-16-15-31-13-11-29-9-7-27-5-3-21-18(24)17-22-19(25)1-2-20(22)26/h1-2,23H,3-17H2,(H,21,24). The Morgan fingerprint density at radius 3 is 1.47 bits per heavy atom. The molecule has 0 aromatic rings. The van der Waals surface area contributed by atoms with Crippen molar-refractivity contribution in [3.8, 4) is 0 Å². The molecular weight excluding hydrogens is 428 g/mol. The number of aliphatic hydroxyl groups excluding tert-OH is 1. The van der Waals surface area contributed by atoms with E-state index < -0.39 is 17.7 Å². The number of aliphatic hydroxyl groups is 1. The maximum Gasteiger partial charge on any atom is 0.254 e. The van der Waals surface area contributed by atoms with Crippen molar-refractivity contribution in [2.75, 3.05) is 99.0 Å². The van der Waals surface area contributed by atoms with E-state index in [1.807, 2.05) is 0 Å². The lowest BCUT2D eigenvalue weighted by molar-refractivity contribution is -0.141. The van der Waals surface area contributed by atoms with E-state index >= 15 is 0 Å². The van der Waals surface area contributed by atoms with Crippen molar-refractivity contribution in [2.45, 2.75) is 0 Å². The molecule has 1 aliphatic rings. The minimum absolute atomic E-state index is 0.0114. The van der Waals surface area contributed by atoms with Crippen molar-refractivity contribution < 1.29 is 47.9 Å². The Hall–Kier alpha value is -1.93. The van der Waals surface area contributed by atoms with Gasteiger partial charge in [0, 0.05) is 18.7 Å². The molecule has 0 spiro atoms. The molecule has 0 fully saturated rings. The second-order valence-electron chi connectivity index (χ2n) is 6.34. The topological polar surface area (TPSA) is 142 Å². The zero-order chi connectivity index (χ0) is 23.3. The number of ether oxygens (including phenoxy) is 6. The van der Waals surface area contributed by atoms with E-state index in [0.29, 0.717) is 79.3 Å². The summed E-state index contributed by atoms with van der Waals surface area (Å²) in [5.41, 5.74) is 0. The van der Waals surface area contributed by atoms with Gasteiger partial charge in [-0.2, -0.15) is 0 Å². The number of nitrogens with one attached hydrogen (secondary N) is 1. The third-order valence-electron chi connectivity index (χ3n) is 3.87. The molecule has 1 heterocycles. The highest BCUT2D eigenvalue weighted by Gasteiger charge is 2.25. The molecule has 0 atom stereocenters. The van der Waals surface area contributed by atoms with Gasteiger partial charge in [-0.15, -0.1) is 0 Å². The Morgan fingerprint density at radius 2 is 1.06 bits per heavy atom. The zero-order valence-electron chi connectivity index (χ0n) is 18.3. The monoisotopic (exact) mass is 462 g/mol. The van der Waals surface area contributed by atoms with Gasteiger partial charge in [0.1, 0.15) is 6.54 Å². The van der Waals surface area contributed by atoms with Crippen LogP contribution in [0, 0.1) is 0 Å². The van der Waals surface area contributed by atoms with Gasteiger partial charge in [0.05, 0.1) is 85.9 Å². The fourth-order valence-corrected chi connectivity index (χ4v) is 2.32. The van der Waals surface area contributed by atoms with Gasteiger partial charge in [0.15, 0.2) is 0 Å². The smallest absolute Gasteiger partial charge is 0.254 e. The number of hydrogen-bond donors (Lipinski definition) is 2. The summed E-state index contributed by atoms with van der Waals surface area (Å²) in [6.45, 7) is 5.05. The minimum atomic E-state index is -0.488. The summed E-state index contributed by atoms with van der Waals surface area (Å²) in [4.78, 5) is 35.2. The van der Waals surface area contributed by atoms with Gasteiger partial charge in [-0.3, -0.25) is 19.3 Å². The van der Waals surface area contributed by atoms with E-state index in [4.69, 9.17) is 33.5 Å². The highest BCUT2D eigenvalue weighted by molar-refractivity contribution is 6.14. The van der Waals surface area contributed by atoms with E-state index in [-0.39, 0.29) is 19.7 Å². The molecule has 0 aromatic carbocycles. The summed E-state index contributed by atoms with van der Waals surface area (Å²) >= 11 is 0. The molecule has 184 valence electrons. The second kappa shape index (κ2) is 19.7. The molecule has 1 rings (SSSR count). The Morgan fingerprint density at radius 1 is 0.688 bits per heavy atom. The quantitative estimate of drug-likeness (QED) is 0.139. The molecule has 2 N–H and O–H groups in total. The van der Waals surface area contributed by atoms with Crippen molar-refractivity contribution in [3.05, 3.63) is 12.2 Å². The molecule has 0 saturated carbocycles. The Labute approximate surface area is 187 Å². The Bertz CT molecular complexity index is 540. The van der Waals surface area contributed by atoms with E-state index in [0.717, 1.165) is 17.1 Å². The lowest BCUT2D eigenvalue weighted by Gasteiger charge is -2.13. The summed E-state index contributed by atoms with van der Waals surface area (Å²) in [6, 6.07) is 0. The average Bonchev–Trinajstić information content (AvgIpc) is 3.09. The Balaban J connectivity index is 1.74. The van der Waals surface area contributed by atoms with Crippen LogP contribution in [0.4, 0.5) is 0 Å². The maximum absolute atomic E-state index is 11.7. The number of rotatable bonds is 22. The first-order valence-electron chi connectivity index (χ1n) is 10.5. The molecule has 32 heavy (non-hydrogen) atoms. The SMILES string of the molecule is O=C(CN1C(=O)C=CC1=O)NCCOCCOCCOCCOCCOCCOCCO. The highest BCUT2D eigenvalue weighted by Crippen LogP contribution is 2.02. The van der Waals surface area contributed by atoms with Crippen molar-refractivity contribution in [1.29, 1.82) is 0 Å². The molecule has 0 bridgehead atoms. The van der Waals surface area contributed by atoms with Gasteiger partial charge < -0.3 is 38.8 Å². The molecule has 0 unspecified atom stereocenters. The first kappa shape index (κ1) is 28.1. The van der Waals surface area contributed by atoms with Crippen LogP contribution in [-0.2, 0) is 42.8 Å². The molecule has 3 amide bonds. The molecule has 0 saturated heterocycles. The molecular formula is C20H34N2O10. The second-order valence-corrected chi connectivity index (χ2v) is 6.34. The van der Waals surface area contributed by atoms with Crippen LogP contribution in [0.3, 0.4) is 0 Å². The van der Waals surface area contributed by atoms with Crippen LogP contribution in [0.25, 0.3) is 0 Å². The minimum Gasteiger partial charge on any atom is -0.394 e. The molecule has 0 aliphatic carbocycles. The van der Waals surface area contributed by atoms with Crippen LogP contribution in [-0.4, -0.2) is 127 Å². The van der Waals surface area contributed by atoms with E-state index in [1.165, 1.54) is 0 Å². The zero-order valence-corrected chi connectivity index (χ0v) is 18.3. The van der Waals surface area contributed by atoms with Gasteiger partial charge >= 0.3 is 0 Å². The predicted molar refractivity (Wildman–Crippen MR) is 111 cm³/mol. The van der Waals surface area contributed by atoms with Crippen LogP contribution >= 0.6 is 0 Å².